The first-order valence-electron chi connectivity index (χ1n) is 9.39. The van der Waals surface area contributed by atoms with Crippen molar-refractivity contribution in [1.29, 1.82) is 0 Å². The Morgan fingerprint density at radius 3 is 2.90 bits per heavy atom. The van der Waals surface area contributed by atoms with Crippen molar-refractivity contribution in [3.63, 3.8) is 0 Å². The average molecular weight is 410 g/mol. The third-order valence-electron chi connectivity index (χ3n) is 4.75. The monoisotopic (exact) mass is 410 g/mol. The Morgan fingerprint density at radius 2 is 2.14 bits per heavy atom. The molecule has 3 heterocycles. The van der Waals surface area contributed by atoms with Crippen molar-refractivity contribution in [2.45, 2.75) is 6.04 Å². The topological polar surface area (TPSA) is 76.6 Å². The standard InChI is InChI=1S/C21H22N4O3S/c1-27-17-6-4-15(5-7-17)20-24-19(14-29-20)21(26)25-10-9-23-11-16(25)13-28-18-3-2-8-22-12-18/h2-8,12,14,16,23H,9-11,13H2,1H3. The molecular weight excluding hydrogens is 388 g/mol. The second-order valence-corrected chi connectivity index (χ2v) is 7.48. The Kier molecular flexibility index (Phi) is 6.02. The normalized spacial score (nSPS) is 16.4. The van der Waals surface area contributed by atoms with Gasteiger partial charge in [0.05, 0.1) is 19.3 Å². The summed E-state index contributed by atoms with van der Waals surface area (Å²) in [5.41, 5.74) is 1.43. The summed E-state index contributed by atoms with van der Waals surface area (Å²) in [5.74, 6) is 1.42. The molecule has 1 fully saturated rings. The van der Waals surface area contributed by atoms with Gasteiger partial charge in [0.25, 0.3) is 5.91 Å². The number of carbonyl (C=O) groups excluding carboxylic acids is 1. The molecule has 2 aromatic heterocycles. The van der Waals surface area contributed by atoms with Gasteiger partial charge in [-0.2, -0.15) is 0 Å². The van der Waals surface area contributed by atoms with Crippen LogP contribution in [0.5, 0.6) is 11.5 Å². The number of benzene rings is 1. The Hall–Kier alpha value is -2.97. The molecule has 1 saturated heterocycles. The Labute approximate surface area is 173 Å². The average Bonchev–Trinajstić information content (AvgIpc) is 3.28. The molecule has 1 N–H and O–H groups in total. The molecule has 0 spiro atoms. The number of methoxy groups -OCH3 is 1. The lowest BCUT2D eigenvalue weighted by Gasteiger charge is -2.35. The fourth-order valence-corrected chi connectivity index (χ4v) is 3.99. The molecule has 1 aromatic carbocycles. The lowest BCUT2D eigenvalue weighted by atomic mass is 10.2. The Balaban J connectivity index is 1.46. The second-order valence-electron chi connectivity index (χ2n) is 6.62. The summed E-state index contributed by atoms with van der Waals surface area (Å²) in [7, 11) is 1.64. The van der Waals surface area contributed by atoms with Gasteiger partial charge < -0.3 is 19.7 Å². The van der Waals surface area contributed by atoms with E-state index in [2.05, 4.69) is 15.3 Å². The number of amides is 1. The molecule has 0 bridgehead atoms. The molecule has 29 heavy (non-hydrogen) atoms. The predicted octanol–water partition coefficient (Wildman–Crippen LogP) is 2.71. The van der Waals surface area contributed by atoms with Gasteiger partial charge in [-0.3, -0.25) is 9.78 Å². The van der Waals surface area contributed by atoms with E-state index in [-0.39, 0.29) is 11.9 Å². The maximum Gasteiger partial charge on any atom is 0.273 e. The first-order chi connectivity index (χ1) is 14.2. The molecule has 0 radical (unpaired) electrons. The molecule has 1 amide bonds. The van der Waals surface area contributed by atoms with E-state index >= 15 is 0 Å². The molecule has 1 aliphatic heterocycles. The minimum absolute atomic E-state index is 0.0670. The number of nitrogens with zero attached hydrogens (tertiary/aromatic N) is 3. The van der Waals surface area contributed by atoms with Crippen molar-refractivity contribution in [1.82, 2.24) is 20.2 Å². The summed E-state index contributed by atoms with van der Waals surface area (Å²) in [5, 5.41) is 5.97. The van der Waals surface area contributed by atoms with Gasteiger partial charge in [0, 0.05) is 36.8 Å². The summed E-state index contributed by atoms with van der Waals surface area (Å²) in [6.45, 7) is 2.46. The molecule has 4 rings (SSSR count). The number of ether oxygens (including phenoxy) is 2. The van der Waals surface area contributed by atoms with E-state index < -0.39 is 0 Å². The molecule has 150 valence electrons. The molecule has 7 nitrogen and oxygen atoms in total. The maximum atomic E-state index is 13.1. The molecule has 3 aromatic rings. The maximum absolute atomic E-state index is 13.1. The van der Waals surface area contributed by atoms with Gasteiger partial charge in [0.15, 0.2) is 0 Å². The largest absolute Gasteiger partial charge is 0.497 e. The van der Waals surface area contributed by atoms with Gasteiger partial charge >= 0.3 is 0 Å². The van der Waals surface area contributed by atoms with Gasteiger partial charge in [0.2, 0.25) is 0 Å². The van der Waals surface area contributed by atoms with Crippen LogP contribution in [-0.2, 0) is 0 Å². The van der Waals surface area contributed by atoms with Crippen molar-refractivity contribution in [2.75, 3.05) is 33.4 Å². The van der Waals surface area contributed by atoms with Gasteiger partial charge in [-0.15, -0.1) is 11.3 Å². The van der Waals surface area contributed by atoms with E-state index in [1.165, 1.54) is 11.3 Å². The predicted molar refractivity (Wildman–Crippen MR) is 112 cm³/mol. The minimum Gasteiger partial charge on any atom is -0.497 e. The highest BCUT2D eigenvalue weighted by Gasteiger charge is 2.29. The van der Waals surface area contributed by atoms with Crippen LogP contribution in [0.1, 0.15) is 10.5 Å². The third-order valence-corrected chi connectivity index (χ3v) is 5.64. The first kappa shape index (κ1) is 19.4. The number of aromatic nitrogens is 2. The third kappa shape index (κ3) is 4.55. The van der Waals surface area contributed by atoms with Crippen molar-refractivity contribution >= 4 is 17.2 Å². The van der Waals surface area contributed by atoms with Gasteiger partial charge in [-0.1, -0.05) is 0 Å². The van der Waals surface area contributed by atoms with E-state index in [9.17, 15) is 4.79 Å². The number of carbonyl (C=O) groups is 1. The van der Waals surface area contributed by atoms with Crippen molar-refractivity contribution in [3.8, 4) is 22.1 Å². The van der Waals surface area contributed by atoms with Crippen LogP contribution in [0, 0.1) is 0 Å². The number of pyridine rings is 1. The molecule has 0 saturated carbocycles. The lowest BCUT2D eigenvalue weighted by Crippen LogP contribution is -2.56. The fraction of sp³-hybridized carbons (Fsp3) is 0.286. The highest BCUT2D eigenvalue weighted by Crippen LogP contribution is 2.26. The van der Waals surface area contributed by atoms with Gasteiger partial charge in [-0.05, 0) is 36.4 Å². The molecule has 1 atom stereocenters. The quantitative estimate of drug-likeness (QED) is 0.673. The SMILES string of the molecule is COc1ccc(-c2nc(C(=O)N3CCNCC3COc3cccnc3)cs2)cc1. The highest BCUT2D eigenvalue weighted by atomic mass is 32.1. The van der Waals surface area contributed by atoms with Gasteiger partial charge in [-0.25, -0.2) is 4.98 Å². The summed E-state index contributed by atoms with van der Waals surface area (Å²) in [6.07, 6.45) is 3.37. The molecule has 1 aliphatic rings. The van der Waals surface area contributed by atoms with E-state index in [1.807, 2.05) is 46.7 Å². The second kappa shape index (κ2) is 9.02. The van der Waals surface area contributed by atoms with Crippen LogP contribution in [0.2, 0.25) is 0 Å². The number of piperazine rings is 1. The summed E-state index contributed by atoms with van der Waals surface area (Å²) >= 11 is 1.47. The summed E-state index contributed by atoms with van der Waals surface area (Å²) in [4.78, 5) is 23.6. The molecule has 1 unspecified atom stereocenters. The number of nitrogens with one attached hydrogen (secondary N) is 1. The van der Waals surface area contributed by atoms with Crippen LogP contribution >= 0.6 is 11.3 Å². The summed E-state index contributed by atoms with van der Waals surface area (Å²) in [6, 6.07) is 11.3. The lowest BCUT2D eigenvalue weighted by molar-refractivity contribution is 0.0554. The van der Waals surface area contributed by atoms with Crippen molar-refractivity contribution < 1.29 is 14.3 Å². The molecule has 0 aliphatic carbocycles. The van der Waals surface area contributed by atoms with Crippen LogP contribution in [0.15, 0.2) is 54.2 Å². The smallest absolute Gasteiger partial charge is 0.273 e. The van der Waals surface area contributed by atoms with E-state index in [4.69, 9.17) is 9.47 Å². The van der Waals surface area contributed by atoms with Crippen molar-refractivity contribution in [3.05, 3.63) is 59.9 Å². The van der Waals surface area contributed by atoms with E-state index in [0.717, 1.165) is 22.9 Å². The zero-order valence-corrected chi connectivity index (χ0v) is 16.9. The summed E-state index contributed by atoms with van der Waals surface area (Å²) < 4.78 is 11.0. The van der Waals surface area contributed by atoms with Crippen LogP contribution < -0.4 is 14.8 Å². The zero-order chi connectivity index (χ0) is 20.1. The number of hydrogen-bond donors (Lipinski definition) is 1. The first-order valence-corrected chi connectivity index (χ1v) is 10.3. The van der Waals surface area contributed by atoms with Crippen molar-refractivity contribution in [2.24, 2.45) is 0 Å². The molecule has 8 heteroatoms. The van der Waals surface area contributed by atoms with E-state index in [1.54, 1.807) is 19.5 Å². The van der Waals surface area contributed by atoms with Crippen LogP contribution in [-0.4, -0.2) is 60.2 Å². The van der Waals surface area contributed by atoms with Crippen LogP contribution in [0.3, 0.4) is 0 Å². The highest BCUT2D eigenvalue weighted by molar-refractivity contribution is 7.13. The van der Waals surface area contributed by atoms with Gasteiger partial charge in [0.1, 0.15) is 28.8 Å². The van der Waals surface area contributed by atoms with Crippen LogP contribution in [0.25, 0.3) is 10.6 Å². The minimum atomic E-state index is -0.0673. The Morgan fingerprint density at radius 1 is 1.28 bits per heavy atom. The Bertz CT molecular complexity index is 946. The number of rotatable bonds is 6. The zero-order valence-electron chi connectivity index (χ0n) is 16.1. The van der Waals surface area contributed by atoms with E-state index in [0.29, 0.717) is 31.1 Å². The molecular formula is C21H22N4O3S. The number of hydrogen-bond acceptors (Lipinski definition) is 7. The number of thiazole rings is 1. The van der Waals surface area contributed by atoms with Crippen LogP contribution in [0.4, 0.5) is 0 Å². The fourth-order valence-electron chi connectivity index (χ4n) is 3.19.